The van der Waals surface area contributed by atoms with Gasteiger partial charge in [0, 0.05) is 36.9 Å². The number of rotatable bonds is 2. The topological polar surface area (TPSA) is 58.4 Å². The first-order valence-corrected chi connectivity index (χ1v) is 5.55. The predicted octanol–water partition coefficient (Wildman–Crippen LogP) is 0.584. The van der Waals surface area contributed by atoms with Gasteiger partial charge in [0.15, 0.2) is 0 Å². The van der Waals surface area contributed by atoms with Crippen molar-refractivity contribution in [1.82, 2.24) is 5.32 Å². The van der Waals surface area contributed by atoms with E-state index in [9.17, 15) is 4.79 Å². The summed E-state index contributed by atoms with van der Waals surface area (Å²) < 4.78 is 0. The second-order valence-corrected chi connectivity index (χ2v) is 4.21. The molecule has 0 bridgehead atoms. The van der Waals surface area contributed by atoms with Crippen molar-refractivity contribution in [2.75, 3.05) is 24.5 Å². The van der Waals surface area contributed by atoms with Crippen LogP contribution in [0.15, 0.2) is 24.3 Å². The van der Waals surface area contributed by atoms with Crippen LogP contribution in [0.1, 0.15) is 17.3 Å². The quantitative estimate of drug-likeness (QED) is 0.765. The monoisotopic (exact) mass is 219 g/mol. The Kier molecular flexibility index (Phi) is 3.10. The molecule has 4 nitrogen and oxygen atoms in total. The fourth-order valence-electron chi connectivity index (χ4n) is 2.00. The average molecular weight is 219 g/mol. The molecule has 3 N–H and O–H groups in total. The normalized spacial score (nSPS) is 20.8. The van der Waals surface area contributed by atoms with Gasteiger partial charge in [0.05, 0.1) is 0 Å². The van der Waals surface area contributed by atoms with E-state index in [0.717, 1.165) is 25.3 Å². The summed E-state index contributed by atoms with van der Waals surface area (Å²) in [6.45, 7) is 5.17. The lowest BCUT2D eigenvalue weighted by atomic mass is 10.1. The molecule has 1 amide bonds. The SMILES string of the molecule is CC1CN(c2ccc(C(N)=O)cc2)CCN1. The molecule has 1 fully saturated rings. The number of nitrogens with zero attached hydrogens (tertiary/aromatic N) is 1. The highest BCUT2D eigenvalue weighted by molar-refractivity contribution is 5.93. The van der Waals surface area contributed by atoms with E-state index in [-0.39, 0.29) is 5.91 Å². The lowest BCUT2D eigenvalue weighted by Gasteiger charge is -2.33. The van der Waals surface area contributed by atoms with Crippen molar-refractivity contribution in [3.05, 3.63) is 29.8 Å². The average Bonchev–Trinajstić information content (AvgIpc) is 2.29. The molecule has 16 heavy (non-hydrogen) atoms. The molecule has 0 radical (unpaired) electrons. The van der Waals surface area contributed by atoms with Crippen molar-refractivity contribution in [3.63, 3.8) is 0 Å². The van der Waals surface area contributed by atoms with Gasteiger partial charge in [0.1, 0.15) is 0 Å². The van der Waals surface area contributed by atoms with Crippen molar-refractivity contribution < 1.29 is 4.79 Å². The molecule has 1 aromatic carbocycles. The Labute approximate surface area is 95.4 Å². The number of primary amides is 1. The van der Waals surface area contributed by atoms with Crippen LogP contribution in [0.25, 0.3) is 0 Å². The van der Waals surface area contributed by atoms with E-state index in [1.54, 1.807) is 12.1 Å². The van der Waals surface area contributed by atoms with Gasteiger partial charge >= 0.3 is 0 Å². The summed E-state index contributed by atoms with van der Waals surface area (Å²) in [7, 11) is 0. The van der Waals surface area contributed by atoms with E-state index < -0.39 is 0 Å². The van der Waals surface area contributed by atoms with Gasteiger partial charge in [0.25, 0.3) is 0 Å². The summed E-state index contributed by atoms with van der Waals surface area (Å²) in [5.74, 6) is -0.375. The van der Waals surface area contributed by atoms with Crippen molar-refractivity contribution in [2.24, 2.45) is 5.73 Å². The maximum atomic E-state index is 10.9. The highest BCUT2D eigenvalue weighted by Crippen LogP contribution is 2.16. The summed E-state index contributed by atoms with van der Waals surface area (Å²) >= 11 is 0. The van der Waals surface area contributed by atoms with Crippen LogP contribution in [-0.2, 0) is 0 Å². The third-order valence-electron chi connectivity index (χ3n) is 2.89. The maximum Gasteiger partial charge on any atom is 0.248 e. The van der Waals surface area contributed by atoms with Crippen LogP contribution in [0, 0.1) is 0 Å². The summed E-state index contributed by atoms with van der Waals surface area (Å²) in [4.78, 5) is 13.3. The first kappa shape index (κ1) is 11.0. The molecule has 86 valence electrons. The minimum absolute atomic E-state index is 0.375. The molecule has 1 atom stereocenters. The molecule has 1 heterocycles. The lowest BCUT2D eigenvalue weighted by molar-refractivity contribution is 0.100. The Balaban J connectivity index is 2.11. The van der Waals surface area contributed by atoms with Crippen molar-refractivity contribution >= 4 is 11.6 Å². The van der Waals surface area contributed by atoms with Crippen molar-refractivity contribution in [2.45, 2.75) is 13.0 Å². The Morgan fingerprint density at radius 3 is 2.69 bits per heavy atom. The third-order valence-corrected chi connectivity index (χ3v) is 2.89. The van der Waals surface area contributed by atoms with Gasteiger partial charge in [-0.3, -0.25) is 4.79 Å². The molecule has 0 saturated carbocycles. The fourth-order valence-corrected chi connectivity index (χ4v) is 2.00. The molecule has 1 unspecified atom stereocenters. The third kappa shape index (κ3) is 2.33. The lowest BCUT2D eigenvalue weighted by Crippen LogP contribution is -2.49. The van der Waals surface area contributed by atoms with E-state index in [1.165, 1.54) is 0 Å². The van der Waals surface area contributed by atoms with E-state index in [2.05, 4.69) is 17.1 Å². The summed E-state index contributed by atoms with van der Waals surface area (Å²) in [6.07, 6.45) is 0. The second-order valence-electron chi connectivity index (χ2n) is 4.21. The molecule has 0 aliphatic carbocycles. The highest BCUT2D eigenvalue weighted by atomic mass is 16.1. The second kappa shape index (κ2) is 4.53. The van der Waals surface area contributed by atoms with Gasteiger partial charge < -0.3 is 16.0 Å². The van der Waals surface area contributed by atoms with E-state index >= 15 is 0 Å². The standard InChI is InChI=1S/C12H17N3O/c1-9-8-15(7-6-14-9)11-4-2-10(3-5-11)12(13)16/h2-5,9,14H,6-8H2,1H3,(H2,13,16). The van der Waals surface area contributed by atoms with Crippen LogP contribution >= 0.6 is 0 Å². The summed E-state index contributed by atoms with van der Waals surface area (Å²) in [5.41, 5.74) is 6.92. The van der Waals surface area contributed by atoms with E-state index in [0.29, 0.717) is 11.6 Å². The Morgan fingerprint density at radius 1 is 1.44 bits per heavy atom. The zero-order valence-electron chi connectivity index (χ0n) is 9.44. The minimum atomic E-state index is -0.375. The van der Waals surface area contributed by atoms with Gasteiger partial charge in [-0.25, -0.2) is 0 Å². The zero-order valence-corrected chi connectivity index (χ0v) is 9.44. The van der Waals surface area contributed by atoms with E-state index in [1.807, 2.05) is 12.1 Å². The number of benzene rings is 1. The Morgan fingerprint density at radius 2 is 2.12 bits per heavy atom. The van der Waals surface area contributed by atoms with Crippen LogP contribution in [-0.4, -0.2) is 31.6 Å². The van der Waals surface area contributed by atoms with Crippen LogP contribution in [0.2, 0.25) is 0 Å². The zero-order chi connectivity index (χ0) is 11.5. The van der Waals surface area contributed by atoms with Crippen LogP contribution < -0.4 is 16.0 Å². The molecule has 4 heteroatoms. The number of hydrogen-bond acceptors (Lipinski definition) is 3. The molecule has 0 spiro atoms. The van der Waals surface area contributed by atoms with Crippen molar-refractivity contribution in [1.29, 1.82) is 0 Å². The number of nitrogens with two attached hydrogens (primary N) is 1. The maximum absolute atomic E-state index is 10.9. The predicted molar refractivity (Wildman–Crippen MR) is 64.6 cm³/mol. The Hall–Kier alpha value is -1.55. The van der Waals surface area contributed by atoms with Crippen LogP contribution in [0.3, 0.4) is 0 Å². The smallest absolute Gasteiger partial charge is 0.248 e. The molecule has 1 aliphatic heterocycles. The van der Waals surface area contributed by atoms with Crippen molar-refractivity contribution in [3.8, 4) is 0 Å². The largest absolute Gasteiger partial charge is 0.369 e. The molecule has 1 aromatic rings. The number of carbonyl (C=O) groups is 1. The van der Waals surface area contributed by atoms with Gasteiger partial charge in [-0.05, 0) is 31.2 Å². The number of carbonyl (C=O) groups excluding carboxylic acids is 1. The Bertz CT molecular complexity index is 374. The minimum Gasteiger partial charge on any atom is -0.369 e. The van der Waals surface area contributed by atoms with Gasteiger partial charge in [-0.1, -0.05) is 0 Å². The van der Waals surface area contributed by atoms with E-state index in [4.69, 9.17) is 5.73 Å². The van der Waals surface area contributed by atoms with Crippen LogP contribution in [0.5, 0.6) is 0 Å². The molecule has 0 aromatic heterocycles. The highest BCUT2D eigenvalue weighted by Gasteiger charge is 2.15. The molecule has 1 aliphatic rings. The van der Waals surface area contributed by atoms with Gasteiger partial charge in [-0.2, -0.15) is 0 Å². The number of piperazine rings is 1. The van der Waals surface area contributed by atoms with Crippen LogP contribution in [0.4, 0.5) is 5.69 Å². The number of hydrogen-bond donors (Lipinski definition) is 2. The number of anilines is 1. The first-order chi connectivity index (χ1) is 7.66. The molecule has 1 saturated heterocycles. The molecular formula is C12H17N3O. The van der Waals surface area contributed by atoms with Gasteiger partial charge in [-0.15, -0.1) is 0 Å². The summed E-state index contributed by atoms with van der Waals surface area (Å²) in [6, 6.07) is 7.98. The van der Waals surface area contributed by atoms with Gasteiger partial charge in [0.2, 0.25) is 5.91 Å². The molecular weight excluding hydrogens is 202 g/mol. The molecule has 2 rings (SSSR count). The number of amides is 1. The first-order valence-electron chi connectivity index (χ1n) is 5.55. The fraction of sp³-hybridized carbons (Fsp3) is 0.417. The summed E-state index contributed by atoms with van der Waals surface area (Å²) in [5, 5.41) is 3.40. The number of nitrogens with one attached hydrogen (secondary N) is 1.